The summed E-state index contributed by atoms with van der Waals surface area (Å²) in [5.41, 5.74) is 0. The van der Waals surface area contributed by atoms with Crippen LogP contribution in [0.2, 0.25) is 0 Å². The number of carboxylic acid groups (broad SMARTS) is 1. The van der Waals surface area contributed by atoms with Gasteiger partial charge in [-0.25, -0.2) is 0 Å². The van der Waals surface area contributed by atoms with E-state index in [-0.39, 0.29) is 12.0 Å². The van der Waals surface area contributed by atoms with E-state index in [9.17, 15) is 4.79 Å². The van der Waals surface area contributed by atoms with Crippen LogP contribution in [0.3, 0.4) is 0 Å². The third-order valence-corrected chi connectivity index (χ3v) is 3.50. The number of hydrogen-bond acceptors (Lipinski definition) is 3. The second kappa shape index (κ2) is 5.47. The summed E-state index contributed by atoms with van der Waals surface area (Å²) in [6.07, 6.45) is 1.18. The van der Waals surface area contributed by atoms with Crippen LogP contribution in [0.1, 0.15) is 20.3 Å². The SMILES string of the molecule is CNCC1CCN(C(C)C(C)C(=O)O)C1. The van der Waals surface area contributed by atoms with Gasteiger partial charge in [-0.15, -0.1) is 0 Å². The molecule has 0 aromatic heterocycles. The summed E-state index contributed by atoms with van der Waals surface area (Å²) >= 11 is 0. The molecule has 0 aromatic rings. The van der Waals surface area contributed by atoms with Crippen molar-refractivity contribution in [2.75, 3.05) is 26.7 Å². The van der Waals surface area contributed by atoms with Gasteiger partial charge in [-0.1, -0.05) is 6.92 Å². The average molecular weight is 214 g/mol. The van der Waals surface area contributed by atoms with Crippen molar-refractivity contribution in [3.8, 4) is 0 Å². The normalized spacial score (nSPS) is 26.5. The maximum atomic E-state index is 10.9. The average Bonchev–Trinajstić information content (AvgIpc) is 2.64. The zero-order chi connectivity index (χ0) is 11.4. The Kier molecular flexibility index (Phi) is 4.54. The van der Waals surface area contributed by atoms with Gasteiger partial charge in [0.25, 0.3) is 0 Å². The van der Waals surface area contributed by atoms with Crippen molar-refractivity contribution in [1.29, 1.82) is 0 Å². The Morgan fingerprint density at radius 1 is 1.60 bits per heavy atom. The highest BCUT2D eigenvalue weighted by atomic mass is 16.4. The zero-order valence-corrected chi connectivity index (χ0v) is 9.86. The summed E-state index contributed by atoms with van der Waals surface area (Å²) in [7, 11) is 1.96. The van der Waals surface area contributed by atoms with Crippen molar-refractivity contribution in [2.45, 2.75) is 26.3 Å². The summed E-state index contributed by atoms with van der Waals surface area (Å²) in [5.74, 6) is -0.295. The van der Waals surface area contributed by atoms with E-state index in [1.165, 1.54) is 6.42 Å². The minimum absolute atomic E-state index is 0.143. The molecule has 4 heteroatoms. The number of nitrogens with one attached hydrogen (secondary N) is 1. The number of nitrogens with zero attached hydrogens (tertiary/aromatic N) is 1. The van der Waals surface area contributed by atoms with Crippen molar-refractivity contribution in [3.63, 3.8) is 0 Å². The van der Waals surface area contributed by atoms with Crippen LogP contribution in [-0.4, -0.2) is 48.7 Å². The molecule has 1 aliphatic heterocycles. The summed E-state index contributed by atoms with van der Waals surface area (Å²) in [6.45, 7) is 6.90. The largest absolute Gasteiger partial charge is 0.481 e. The Morgan fingerprint density at radius 3 is 2.80 bits per heavy atom. The molecule has 0 aromatic carbocycles. The maximum Gasteiger partial charge on any atom is 0.307 e. The van der Waals surface area contributed by atoms with Crippen molar-refractivity contribution >= 4 is 5.97 Å². The first kappa shape index (κ1) is 12.5. The van der Waals surface area contributed by atoms with Crippen LogP contribution in [0.4, 0.5) is 0 Å². The van der Waals surface area contributed by atoms with Gasteiger partial charge in [-0.2, -0.15) is 0 Å². The Morgan fingerprint density at radius 2 is 2.27 bits per heavy atom. The van der Waals surface area contributed by atoms with Gasteiger partial charge >= 0.3 is 5.97 Å². The molecule has 0 bridgehead atoms. The second-order valence-corrected chi connectivity index (χ2v) is 4.57. The molecule has 0 aliphatic carbocycles. The molecule has 1 rings (SSSR count). The van der Waals surface area contributed by atoms with E-state index >= 15 is 0 Å². The van der Waals surface area contributed by atoms with Crippen LogP contribution in [0.25, 0.3) is 0 Å². The lowest BCUT2D eigenvalue weighted by molar-refractivity contribution is -0.143. The van der Waals surface area contributed by atoms with Crippen molar-refractivity contribution < 1.29 is 9.90 Å². The molecule has 1 saturated heterocycles. The van der Waals surface area contributed by atoms with Crippen molar-refractivity contribution in [1.82, 2.24) is 10.2 Å². The highest BCUT2D eigenvalue weighted by Crippen LogP contribution is 2.21. The van der Waals surface area contributed by atoms with E-state index in [0.29, 0.717) is 5.92 Å². The molecule has 0 amide bonds. The Hall–Kier alpha value is -0.610. The molecule has 1 aliphatic rings. The number of rotatable bonds is 5. The van der Waals surface area contributed by atoms with Gasteiger partial charge in [0.05, 0.1) is 5.92 Å². The highest BCUT2D eigenvalue weighted by Gasteiger charge is 2.30. The molecule has 0 saturated carbocycles. The van der Waals surface area contributed by atoms with Gasteiger partial charge in [0.1, 0.15) is 0 Å². The molecule has 88 valence electrons. The quantitative estimate of drug-likeness (QED) is 0.705. The van der Waals surface area contributed by atoms with E-state index in [1.54, 1.807) is 6.92 Å². The molecular formula is C11H22N2O2. The summed E-state index contributed by atoms with van der Waals surface area (Å²) in [5, 5.41) is 12.1. The van der Waals surface area contributed by atoms with E-state index in [2.05, 4.69) is 10.2 Å². The minimum atomic E-state index is -0.695. The Bertz CT molecular complexity index is 221. The molecule has 2 N–H and O–H groups in total. The molecular weight excluding hydrogens is 192 g/mol. The fourth-order valence-electron chi connectivity index (χ4n) is 2.21. The first-order valence-electron chi connectivity index (χ1n) is 5.67. The third kappa shape index (κ3) is 3.18. The highest BCUT2D eigenvalue weighted by molar-refractivity contribution is 5.70. The fourth-order valence-corrected chi connectivity index (χ4v) is 2.21. The number of aliphatic carboxylic acids is 1. The summed E-state index contributed by atoms with van der Waals surface area (Å²) in [4.78, 5) is 13.2. The molecule has 1 heterocycles. The number of likely N-dealkylation sites (tertiary alicyclic amines) is 1. The van der Waals surface area contributed by atoms with Crippen LogP contribution in [0, 0.1) is 11.8 Å². The minimum Gasteiger partial charge on any atom is -0.481 e. The lowest BCUT2D eigenvalue weighted by Gasteiger charge is -2.27. The zero-order valence-electron chi connectivity index (χ0n) is 9.86. The molecule has 1 fully saturated rings. The Labute approximate surface area is 91.6 Å². The van der Waals surface area contributed by atoms with Gasteiger partial charge in [-0.3, -0.25) is 9.69 Å². The molecule has 0 spiro atoms. The van der Waals surface area contributed by atoms with Gasteiger partial charge in [0.15, 0.2) is 0 Å². The standard InChI is InChI=1S/C11H22N2O2/c1-8(11(14)15)9(2)13-5-4-10(7-13)6-12-3/h8-10,12H,4-7H2,1-3H3,(H,14,15). The van der Waals surface area contributed by atoms with Crippen molar-refractivity contribution in [3.05, 3.63) is 0 Å². The van der Waals surface area contributed by atoms with Crippen molar-refractivity contribution in [2.24, 2.45) is 11.8 Å². The molecule has 15 heavy (non-hydrogen) atoms. The summed E-state index contributed by atoms with van der Waals surface area (Å²) < 4.78 is 0. The Balaban J connectivity index is 2.42. The van der Waals surface area contributed by atoms with E-state index in [4.69, 9.17) is 5.11 Å². The van der Waals surface area contributed by atoms with E-state index in [1.807, 2.05) is 14.0 Å². The predicted molar refractivity (Wildman–Crippen MR) is 59.9 cm³/mol. The monoisotopic (exact) mass is 214 g/mol. The smallest absolute Gasteiger partial charge is 0.307 e. The second-order valence-electron chi connectivity index (χ2n) is 4.57. The van der Waals surface area contributed by atoms with Crippen LogP contribution >= 0.6 is 0 Å². The first-order valence-corrected chi connectivity index (χ1v) is 5.67. The topological polar surface area (TPSA) is 52.6 Å². The van der Waals surface area contributed by atoms with Gasteiger partial charge in [-0.05, 0) is 39.4 Å². The third-order valence-electron chi connectivity index (χ3n) is 3.50. The van der Waals surface area contributed by atoms with E-state index in [0.717, 1.165) is 19.6 Å². The van der Waals surface area contributed by atoms with Crippen LogP contribution in [0.15, 0.2) is 0 Å². The molecule has 3 unspecified atom stereocenters. The number of hydrogen-bond donors (Lipinski definition) is 2. The molecule has 3 atom stereocenters. The van der Waals surface area contributed by atoms with Gasteiger partial charge in [0.2, 0.25) is 0 Å². The van der Waals surface area contributed by atoms with Crippen LogP contribution in [0.5, 0.6) is 0 Å². The predicted octanol–water partition coefficient (Wildman–Crippen LogP) is 0.637. The molecule has 4 nitrogen and oxygen atoms in total. The first-order chi connectivity index (χ1) is 7.06. The lowest BCUT2D eigenvalue weighted by atomic mass is 10.0. The van der Waals surface area contributed by atoms with Gasteiger partial charge < -0.3 is 10.4 Å². The van der Waals surface area contributed by atoms with E-state index < -0.39 is 5.97 Å². The number of carbonyl (C=O) groups is 1. The number of carboxylic acids is 1. The van der Waals surface area contributed by atoms with Crippen LogP contribution in [-0.2, 0) is 4.79 Å². The molecule has 0 radical (unpaired) electrons. The van der Waals surface area contributed by atoms with Crippen LogP contribution < -0.4 is 5.32 Å². The lowest BCUT2D eigenvalue weighted by Crippen LogP contribution is -2.39. The maximum absolute atomic E-state index is 10.9. The fraction of sp³-hybridized carbons (Fsp3) is 0.909. The van der Waals surface area contributed by atoms with Gasteiger partial charge in [0, 0.05) is 12.6 Å². The summed E-state index contributed by atoms with van der Waals surface area (Å²) in [6, 6.07) is 0.143.